The summed E-state index contributed by atoms with van der Waals surface area (Å²) >= 11 is 0. The summed E-state index contributed by atoms with van der Waals surface area (Å²) in [5.74, 6) is -1.50. The predicted octanol–water partition coefficient (Wildman–Crippen LogP) is 4.42. The molecule has 0 aliphatic carbocycles. The van der Waals surface area contributed by atoms with E-state index >= 15 is 0 Å². The van der Waals surface area contributed by atoms with Crippen molar-refractivity contribution in [2.75, 3.05) is 0 Å². The molecule has 0 heterocycles. The number of carboxylic acid groups (broad SMARTS) is 1. The summed E-state index contributed by atoms with van der Waals surface area (Å²) in [6.45, 7) is 1.95. The van der Waals surface area contributed by atoms with Crippen molar-refractivity contribution in [2.24, 2.45) is 0 Å². The number of hydrogen-bond acceptors (Lipinski definition) is 4. The van der Waals surface area contributed by atoms with E-state index in [4.69, 9.17) is 4.74 Å². The van der Waals surface area contributed by atoms with Crippen molar-refractivity contribution in [1.29, 1.82) is 0 Å². The van der Waals surface area contributed by atoms with Crippen molar-refractivity contribution in [3.05, 3.63) is 89.0 Å². The molecule has 0 unspecified atom stereocenters. The fourth-order valence-electron chi connectivity index (χ4n) is 2.58. The summed E-state index contributed by atoms with van der Waals surface area (Å²) < 4.78 is 5.81. The summed E-state index contributed by atoms with van der Waals surface area (Å²) in [5, 5.41) is 19.2. The third-order valence-corrected chi connectivity index (χ3v) is 3.88. The smallest absolute Gasteiger partial charge is 0.340 e. The van der Waals surface area contributed by atoms with Crippen molar-refractivity contribution in [3.8, 4) is 17.2 Å². The molecular weight excluding hydrogens is 332 g/mol. The van der Waals surface area contributed by atoms with E-state index in [0.29, 0.717) is 11.5 Å². The van der Waals surface area contributed by atoms with Gasteiger partial charge in [0.25, 0.3) is 0 Å². The predicted molar refractivity (Wildman–Crippen MR) is 96.2 cm³/mol. The number of ketones is 1. The first-order valence-corrected chi connectivity index (χ1v) is 7.91. The number of rotatable bonds is 5. The van der Waals surface area contributed by atoms with Crippen molar-refractivity contribution in [3.63, 3.8) is 0 Å². The van der Waals surface area contributed by atoms with E-state index in [0.717, 1.165) is 5.56 Å². The van der Waals surface area contributed by atoms with Crippen LogP contribution in [0, 0.1) is 6.92 Å². The first-order chi connectivity index (χ1) is 12.5. The van der Waals surface area contributed by atoms with Gasteiger partial charge in [0.1, 0.15) is 22.8 Å². The first kappa shape index (κ1) is 17.2. The lowest BCUT2D eigenvalue weighted by molar-refractivity contribution is 0.0689. The Balaban J connectivity index is 2.03. The molecule has 0 saturated carbocycles. The van der Waals surface area contributed by atoms with E-state index in [1.54, 1.807) is 36.4 Å². The van der Waals surface area contributed by atoms with Crippen LogP contribution in [0.1, 0.15) is 31.8 Å². The Morgan fingerprint density at radius 2 is 1.50 bits per heavy atom. The van der Waals surface area contributed by atoms with Gasteiger partial charge in [0, 0.05) is 5.56 Å². The van der Waals surface area contributed by atoms with Gasteiger partial charge in [-0.25, -0.2) is 4.79 Å². The minimum atomic E-state index is -1.37. The molecule has 0 bridgehead atoms. The van der Waals surface area contributed by atoms with Gasteiger partial charge in [-0.05, 0) is 43.3 Å². The van der Waals surface area contributed by atoms with Gasteiger partial charge in [0.05, 0.1) is 5.56 Å². The number of ether oxygens (including phenoxy) is 1. The van der Waals surface area contributed by atoms with Gasteiger partial charge >= 0.3 is 5.97 Å². The second kappa shape index (κ2) is 7.11. The van der Waals surface area contributed by atoms with Gasteiger partial charge in [-0.15, -0.1) is 0 Å². The van der Waals surface area contributed by atoms with Crippen LogP contribution >= 0.6 is 0 Å². The average molecular weight is 348 g/mol. The maximum absolute atomic E-state index is 12.9. The number of carbonyl (C=O) groups excluding carboxylic acids is 1. The zero-order chi connectivity index (χ0) is 18.7. The summed E-state index contributed by atoms with van der Waals surface area (Å²) in [6.07, 6.45) is 0. The standard InChI is InChI=1S/C21H16O5/c1-13-9-11-14(12-10-13)26-18-8-3-2-5-15(18)20(23)16-6-4-7-17(22)19(16)21(24)25/h2-12,22H,1H3,(H,24,25). The molecule has 5 heteroatoms. The normalized spacial score (nSPS) is 10.3. The zero-order valence-corrected chi connectivity index (χ0v) is 14.0. The molecule has 130 valence electrons. The summed E-state index contributed by atoms with van der Waals surface area (Å²) in [7, 11) is 0. The van der Waals surface area contributed by atoms with Crippen LogP contribution in [0.15, 0.2) is 66.7 Å². The molecule has 3 aromatic carbocycles. The van der Waals surface area contributed by atoms with Crippen LogP contribution in [0.5, 0.6) is 17.2 Å². The molecule has 2 N–H and O–H groups in total. The molecular formula is C21H16O5. The molecule has 0 atom stereocenters. The second-order valence-corrected chi connectivity index (χ2v) is 5.75. The van der Waals surface area contributed by atoms with E-state index in [1.165, 1.54) is 18.2 Å². The highest BCUT2D eigenvalue weighted by molar-refractivity contribution is 6.16. The summed E-state index contributed by atoms with van der Waals surface area (Å²) in [6, 6.07) is 18.0. The zero-order valence-electron chi connectivity index (χ0n) is 14.0. The fraction of sp³-hybridized carbons (Fsp3) is 0.0476. The molecule has 0 fully saturated rings. The van der Waals surface area contributed by atoms with Crippen molar-refractivity contribution >= 4 is 11.8 Å². The molecule has 0 aliphatic heterocycles. The molecule has 0 amide bonds. The number of phenols is 1. The van der Waals surface area contributed by atoms with Gasteiger partial charge in [0.15, 0.2) is 5.78 Å². The Hall–Kier alpha value is -3.60. The summed E-state index contributed by atoms with van der Waals surface area (Å²) in [4.78, 5) is 24.4. The maximum atomic E-state index is 12.9. The number of benzene rings is 3. The number of aromatic hydroxyl groups is 1. The number of hydrogen-bond donors (Lipinski definition) is 2. The topological polar surface area (TPSA) is 83.8 Å². The van der Waals surface area contributed by atoms with E-state index in [1.807, 2.05) is 19.1 Å². The fourth-order valence-corrected chi connectivity index (χ4v) is 2.58. The highest BCUT2D eigenvalue weighted by atomic mass is 16.5. The van der Waals surface area contributed by atoms with E-state index < -0.39 is 23.1 Å². The number of carboxylic acids is 1. The molecule has 3 rings (SSSR count). The molecule has 5 nitrogen and oxygen atoms in total. The molecule has 0 aliphatic rings. The molecule has 0 saturated heterocycles. The van der Waals surface area contributed by atoms with Gasteiger partial charge in [-0.3, -0.25) is 4.79 Å². The Labute approximate surface area is 150 Å². The minimum absolute atomic E-state index is 0.0996. The number of aromatic carboxylic acids is 1. The summed E-state index contributed by atoms with van der Waals surface area (Å²) in [5.41, 5.74) is 0.758. The van der Waals surface area contributed by atoms with Crippen LogP contribution in [0.2, 0.25) is 0 Å². The van der Waals surface area contributed by atoms with Gasteiger partial charge < -0.3 is 14.9 Å². The number of aryl methyl sites for hydroxylation is 1. The lowest BCUT2D eigenvalue weighted by Crippen LogP contribution is -2.11. The average Bonchev–Trinajstić information content (AvgIpc) is 2.63. The molecule has 0 spiro atoms. The number of carbonyl (C=O) groups is 2. The van der Waals surface area contributed by atoms with Gasteiger partial charge in [-0.2, -0.15) is 0 Å². The van der Waals surface area contributed by atoms with Crippen LogP contribution in [0.4, 0.5) is 0 Å². The second-order valence-electron chi connectivity index (χ2n) is 5.75. The van der Waals surface area contributed by atoms with Crippen LogP contribution in [-0.2, 0) is 0 Å². The van der Waals surface area contributed by atoms with Crippen molar-refractivity contribution in [2.45, 2.75) is 6.92 Å². The van der Waals surface area contributed by atoms with E-state index in [-0.39, 0.29) is 11.1 Å². The van der Waals surface area contributed by atoms with Gasteiger partial charge in [0.2, 0.25) is 0 Å². The Bertz CT molecular complexity index is 974. The largest absolute Gasteiger partial charge is 0.507 e. The maximum Gasteiger partial charge on any atom is 0.340 e. The lowest BCUT2D eigenvalue weighted by Gasteiger charge is -2.12. The third-order valence-electron chi connectivity index (χ3n) is 3.88. The van der Waals surface area contributed by atoms with Crippen LogP contribution in [0.25, 0.3) is 0 Å². The monoisotopic (exact) mass is 348 g/mol. The highest BCUT2D eigenvalue weighted by Crippen LogP contribution is 2.30. The quantitative estimate of drug-likeness (QED) is 0.667. The van der Waals surface area contributed by atoms with E-state index in [2.05, 4.69) is 0 Å². The molecule has 0 radical (unpaired) electrons. The third kappa shape index (κ3) is 3.42. The van der Waals surface area contributed by atoms with Crippen molar-refractivity contribution < 1.29 is 24.5 Å². The van der Waals surface area contributed by atoms with E-state index in [9.17, 15) is 19.8 Å². The Kier molecular flexibility index (Phi) is 4.71. The SMILES string of the molecule is Cc1ccc(Oc2ccccc2C(=O)c2cccc(O)c2C(=O)O)cc1. The van der Waals surface area contributed by atoms with Crippen LogP contribution in [0.3, 0.4) is 0 Å². The van der Waals surface area contributed by atoms with Crippen molar-refractivity contribution in [1.82, 2.24) is 0 Å². The minimum Gasteiger partial charge on any atom is -0.507 e. The highest BCUT2D eigenvalue weighted by Gasteiger charge is 2.23. The Morgan fingerprint density at radius 3 is 2.19 bits per heavy atom. The molecule has 0 aromatic heterocycles. The van der Waals surface area contributed by atoms with Gasteiger partial charge in [-0.1, -0.05) is 35.9 Å². The molecule has 3 aromatic rings. The van der Waals surface area contributed by atoms with Crippen LogP contribution in [-0.4, -0.2) is 22.0 Å². The first-order valence-electron chi connectivity index (χ1n) is 7.91. The molecule has 26 heavy (non-hydrogen) atoms. The number of para-hydroxylation sites is 1. The lowest BCUT2D eigenvalue weighted by atomic mass is 9.97. The van der Waals surface area contributed by atoms with Crippen LogP contribution < -0.4 is 4.74 Å². The Morgan fingerprint density at radius 1 is 0.846 bits per heavy atom.